The van der Waals surface area contributed by atoms with Crippen LogP contribution in [-0.2, 0) is 19.1 Å². The Bertz CT molecular complexity index is 327. The molecule has 0 unspecified atom stereocenters. The summed E-state index contributed by atoms with van der Waals surface area (Å²) >= 11 is 1.99. The van der Waals surface area contributed by atoms with Crippen LogP contribution in [0.1, 0.15) is 20.3 Å². The molecule has 0 N–H and O–H groups in total. The number of ether oxygens (including phenoxy) is 2. The number of rotatable bonds is 5. The van der Waals surface area contributed by atoms with Crippen LogP contribution in [-0.4, -0.2) is 24.6 Å². The predicted octanol–water partition coefficient (Wildman–Crippen LogP) is 1.82. The zero-order valence-corrected chi connectivity index (χ0v) is 11.3. The van der Waals surface area contributed by atoms with Crippen LogP contribution in [0.5, 0.6) is 0 Å². The predicted molar refractivity (Wildman–Crippen MR) is 67.7 cm³/mol. The van der Waals surface area contributed by atoms with Gasteiger partial charge in [-0.25, -0.2) is 0 Å². The highest BCUT2D eigenvalue weighted by molar-refractivity contribution is 14.1. The van der Waals surface area contributed by atoms with Gasteiger partial charge in [-0.15, -0.1) is 6.42 Å². The number of esters is 2. The molecule has 1 atom stereocenters. The second-order valence-electron chi connectivity index (χ2n) is 2.92. The highest BCUT2D eigenvalue weighted by Crippen LogP contribution is 2.18. The van der Waals surface area contributed by atoms with Crippen molar-refractivity contribution in [2.45, 2.75) is 26.4 Å². The van der Waals surface area contributed by atoms with Crippen molar-refractivity contribution >= 4 is 34.5 Å². The first-order valence-electron chi connectivity index (χ1n) is 4.59. The van der Waals surface area contributed by atoms with Gasteiger partial charge in [0, 0.05) is 29.9 Å². The van der Waals surface area contributed by atoms with Gasteiger partial charge in [-0.3, -0.25) is 9.59 Å². The molecule has 0 heterocycles. The first kappa shape index (κ1) is 15.0. The molecule has 0 aliphatic carbocycles. The van der Waals surface area contributed by atoms with Crippen LogP contribution in [0.3, 0.4) is 0 Å². The SMILES string of the molecule is C#C/C=C(\I)[C@@H](CCOC(C)=O)OC(C)=O. The molecule has 0 aromatic carbocycles. The van der Waals surface area contributed by atoms with Crippen molar-refractivity contribution < 1.29 is 19.1 Å². The minimum atomic E-state index is -0.450. The van der Waals surface area contributed by atoms with Crippen molar-refractivity contribution in [2.75, 3.05) is 6.61 Å². The lowest BCUT2D eigenvalue weighted by atomic mass is 10.2. The van der Waals surface area contributed by atoms with E-state index in [2.05, 4.69) is 5.92 Å². The summed E-state index contributed by atoms with van der Waals surface area (Å²) in [7, 11) is 0. The van der Waals surface area contributed by atoms with E-state index in [0.29, 0.717) is 6.42 Å². The molecule has 0 fully saturated rings. The molecule has 0 saturated carbocycles. The number of hydrogen-bond acceptors (Lipinski definition) is 4. The Morgan fingerprint density at radius 2 is 2.06 bits per heavy atom. The van der Waals surface area contributed by atoms with Gasteiger partial charge in [0.25, 0.3) is 0 Å². The molecule has 5 heteroatoms. The molecule has 0 aromatic heterocycles. The normalized spacial score (nSPS) is 12.5. The lowest BCUT2D eigenvalue weighted by Gasteiger charge is -2.15. The Kier molecular flexibility index (Phi) is 7.64. The van der Waals surface area contributed by atoms with Crippen LogP contribution >= 0.6 is 22.6 Å². The molecule has 4 nitrogen and oxygen atoms in total. The summed E-state index contributed by atoms with van der Waals surface area (Å²) in [5, 5.41) is 0. The highest BCUT2D eigenvalue weighted by Gasteiger charge is 2.15. The minimum absolute atomic E-state index is 0.193. The summed E-state index contributed by atoms with van der Waals surface area (Å²) in [6.45, 7) is 2.83. The van der Waals surface area contributed by atoms with Gasteiger partial charge in [0.2, 0.25) is 0 Å². The van der Waals surface area contributed by atoms with Crippen LogP contribution in [0.4, 0.5) is 0 Å². The van der Waals surface area contributed by atoms with Crippen molar-refractivity contribution in [1.82, 2.24) is 0 Å². The molecule has 16 heavy (non-hydrogen) atoms. The fourth-order valence-electron chi connectivity index (χ4n) is 0.936. The van der Waals surface area contributed by atoms with Gasteiger partial charge in [-0.1, -0.05) is 5.92 Å². The molecule has 0 spiro atoms. The Labute approximate surface area is 109 Å². The number of halogens is 1. The quantitative estimate of drug-likeness (QED) is 0.437. The van der Waals surface area contributed by atoms with E-state index >= 15 is 0 Å². The van der Waals surface area contributed by atoms with Gasteiger partial charge in [0.05, 0.1) is 6.61 Å². The van der Waals surface area contributed by atoms with E-state index in [1.165, 1.54) is 19.9 Å². The number of carbonyl (C=O) groups is 2. The lowest BCUT2D eigenvalue weighted by molar-refractivity contribution is -0.146. The van der Waals surface area contributed by atoms with Crippen molar-refractivity contribution in [2.24, 2.45) is 0 Å². The highest BCUT2D eigenvalue weighted by atomic mass is 127. The van der Waals surface area contributed by atoms with E-state index in [9.17, 15) is 9.59 Å². The largest absolute Gasteiger partial charge is 0.466 e. The van der Waals surface area contributed by atoms with Crippen molar-refractivity contribution in [1.29, 1.82) is 0 Å². The van der Waals surface area contributed by atoms with E-state index in [0.717, 1.165) is 3.58 Å². The molecular weight excluding hydrogens is 323 g/mol. The zero-order valence-electron chi connectivity index (χ0n) is 9.16. The number of carbonyl (C=O) groups excluding carboxylic acids is 2. The maximum absolute atomic E-state index is 10.8. The standard InChI is InChI=1S/C11H13IO4/c1-4-5-10(12)11(16-9(3)14)6-7-15-8(2)13/h1,5,11H,6-7H2,2-3H3/b10-5-/t11-/m1/s1. The summed E-state index contributed by atoms with van der Waals surface area (Å²) in [4.78, 5) is 21.4. The van der Waals surface area contributed by atoms with Gasteiger partial charge in [0.15, 0.2) is 0 Å². The van der Waals surface area contributed by atoms with Crippen molar-refractivity contribution in [3.63, 3.8) is 0 Å². The maximum Gasteiger partial charge on any atom is 0.303 e. The molecule has 0 aliphatic rings. The van der Waals surface area contributed by atoms with E-state index < -0.39 is 12.1 Å². The topological polar surface area (TPSA) is 52.6 Å². The van der Waals surface area contributed by atoms with Gasteiger partial charge >= 0.3 is 11.9 Å². The van der Waals surface area contributed by atoms with E-state index in [4.69, 9.17) is 15.9 Å². The molecule has 0 radical (unpaired) electrons. The smallest absolute Gasteiger partial charge is 0.303 e. The molecule has 0 aromatic rings. The molecular formula is C11H13IO4. The third kappa shape index (κ3) is 7.29. The third-order valence-electron chi connectivity index (χ3n) is 1.52. The molecule has 0 rings (SSSR count). The Morgan fingerprint density at radius 3 is 2.50 bits per heavy atom. The van der Waals surface area contributed by atoms with E-state index in [1.54, 1.807) is 0 Å². The van der Waals surface area contributed by atoms with Crippen LogP contribution in [0, 0.1) is 12.3 Å². The third-order valence-corrected chi connectivity index (χ3v) is 2.53. The van der Waals surface area contributed by atoms with E-state index in [1.807, 2.05) is 22.6 Å². The number of hydrogen-bond donors (Lipinski definition) is 0. The Morgan fingerprint density at radius 1 is 1.44 bits per heavy atom. The first-order valence-corrected chi connectivity index (χ1v) is 5.67. The fraction of sp³-hybridized carbons (Fsp3) is 0.455. The van der Waals surface area contributed by atoms with Crippen molar-refractivity contribution in [3.05, 3.63) is 9.66 Å². The first-order chi connectivity index (χ1) is 7.47. The maximum atomic E-state index is 10.8. The van der Waals surface area contributed by atoms with Gasteiger partial charge in [-0.2, -0.15) is 0 Å². The average Bonchev–Trinajstić information content (AvgIpc) is 2.15. The summed E-state index contributed by atoms with van der Waals surface area (Å²) in [6, 6.07) is 0. The minimum Gasteiger partial charge on any atom is -0.466 e. The molecule has 0 saturated heterocycles. The Hall–Kier alpha value is -1.03. The van der Waals surface area contributed by atoms with Gasteiger partial charge in [-0.05, 0) is 22.6 Å². The molecule has 0 amide bonds. The van der Waals surface area contributed by atoms with Gasteiger partial charge in [0.1, 0.15) is 6.10 Å². The average molecular weight is 336 g/mol. The fourth-order valence-corrected chi connectivity index (χ4v) is 1.55. The summed E-state index contributed by atoms with van der Waals surface area (Å²) in [5.41, 5.74) is 0. The summed E-state index contributed by atoms with van der Waals surface area (Å²) in [6.07, 6.45) is 6.58. The zero-order chi connectivity index (χ0) is 12.6. The lowest BCUT2D eigenvalue weighted by Crippen LogP contribution is -2.19. The van der Waals surface area contributed by atoms with Crippen LogP contribution in [0.2, 0.25) is 0 Å². The number of allylic oxidation sites excluding steroid dienone is 1. The van der Waals surface area contributed by atoms with Crippen LogP contribution in [0.15, 0.2) is 9.66 Å². The number of terminal acetylenes is 1. The van der Waals surface area contributed by atoms with Crippen molar-refractivity contribution in [3.8, 4) is 12.3 Å². The van der Waals surface area contributed by atoms with Gasteiger partial charge < -0.3 is 9.47 Å². The molecule has 88 valence electrons. The van der Waals surface area contributed by atoms with E-state index in [-0.39, 0.29) is 12.6 Å². The Balaban J connectivity index is 4.33. The molecule has 0 bridgehead atoms. The summed E-state index contributed by atoms with van der Waals surface area (Å²) in [5.74, 6) is 1.59. The second kappa shape index (κ2) is 8.16. The summed E-state index contributed by atoms with van der Waals surface area (Å²) < 4.78 is 10.5. The van der Waals surface area contributed by atoms with Crippen LogP contribution < -0.4 is 0 Å². The molecule has 0 aliphatic heterocycles. The second-order valence-corrected chi connectivity index (χ2v) is 4.17. The monoisotopic (exact) mass is 336 g/mol. The van der Waals surface area contributed by atoms with Crippen LogP contribution in [0.25, 0.3) is 0 Å².